The molecule has 22 heavy (non-hydrogen) atoms. The summed E-state index contributed by atoms with van der Waals surface area (Å²) in [6.07, 6.45) is 2.83. The van der Waals surface area contributed by atoms with Gasteiger partial charge < -0.3 is 14.7 Å². The Morgan fingerprint density at radius 2 is 2.14 bits per heavy atom. The molecule has 2 heterocycles. The number of aromatic nitrogens is 1. The molecule has 0 radical (unpaired) electrons. The quantitative estimate of drug-likeness (QED) is 0.929. The normalized spacial score (nSPS) is 17.6. The highest BCUT2D eigenvalue weighted by molar-refractivity contribution is 5.87. The number of ether oxygens (including phenoxy) is 1. The number of carboxylic acids is 1. The number of fused-ring (bicyclic) bond motifs is 1. The van der Waals surface area contributed by atoms with Gasteiger partial charge in [0.1, 0.15) is 11.8 Å². The maximum absolute atomic E-state index is 12.2. The molecule has 1 saturated heterocycles. The Kier molecular flexibility index (Phi) is 3.91. The van der Waals surface area contributed by atoms with Gasteiger partial charge in [-0.2, -0.15) is 0 Å². The van der Waals surface area contributed by atoms with Crippen LogP contribution in [0, 0.1) is 0 Å². The molecule has 114 valence electrons. The monoisotopic (exact) mass is 300 g/mol. The molecule has 3 rings (SSSR count). The van der Waals surface area contributed by atoms with E-state index in [1.165, 1.54) is 4.90 Å². The maximum Gasteiger partial charge on any atom is 0.326 e. The van der Waals surface area contributed by atoms with Crippen LogP contribution in [0.1, 0.15) is 12.8 Å². The number of pyridine rings is 1. The van der Waals surface area contributed by atoms with Crippen molar-refractivity contribution in [2.75, 3.05) is 13.2 Å². The zero-order valence-electron chi connectivity index (χ0n) is 11.9. The summed E-state index contributed by atoms with van der Waals surface area (Å²) in [5.41, 5.74) is 0.789. The van der Waals surface area contributed by atoms with Crippen LogP contribution in [0.25, 0.3) is 10.9 Å². The van der Waals surface area contributed by atoms with E-state index in [0.29, 0.717) is 25.1 Å². The number of benzene rings is 1. The average Bonchev–Trinajstić information content (AvgIpc) is 3.02. The van der Waals surface area contributed by atoms with Crippen LogP contribution in [0.3, 0.4) is 0 Å². The van der Waals surface area contributed by atoms with Crippen molar-refractivity contribution < 1.29 is 19.4 Å². The minimum atomic E-state index is -0.958. The molecule has 1 aromatic carbocycles. The molecule has 1 amide bonds. The van der Waals surface area contributed by atoms with E-state index in [2.05, 4.69) is 4.98 Å². The number of amides is 1. The standard InChI is InChI=1S/C16H16N2O4/c19-15(18-9-3-6-13(18)16(20)21)10-22-14-7-8-17-12-5-2-1-4-11(12)14/h1-2,4-5,7-8,13H,3,6,9-10H2,(H,20,21)/t13-/m0/s1. The third kappa shape index (κ3) is 2.72. The lowest BCUT2D eigenvalue weighted by molar-refractivity contribution is -0.148. The van der Waals surface area contributed by atoms with Crippen molar-refractivity contribution >= 4 is 22.8 Å². The van der Waals surface area contributed by atoms with Crippen molar-refractivity contribution in [1.29, 1.82) is 0 Å². The minimum absolute atomic E-state index is 0.169. The first-order chi connectivity index (χ1) is 10.7. The van der Waals surface area contributed by atoms with Crippen LogP contribution in [0.2, 0.25) is 0 Å². The molecule has 1 fully saturated rings. The maximum atomic E-state index is 12.2. The van der Waals surface area contributed by atoms with Gasteiger partial charge in [-0.15, -0.1) is 0 Å². The molecule has 2 aromatic rings. The second-order valence-electron chi connectivity index (χ2n) is 5.20. The molecular formula is C16H16N2O4. The van der Waals surface area contributed by atoms with Crippen LogP contribution >= 0.6 is 0 Å². The summed E-state index contributed by atoms with van der Waals surface area (Å²) in [6.45, 7) is 0.300. The van der Waals surface area contributed by atoms with Gasteiger partial charge in [0.15, 0.2) is 6.61 Å². The lowest BCUT2D eigenvalue weighted by Gasteiger charge is -2.21. The number of rotatable bonds is 4. The lowest BCUT2D eigenvalue weighted by Crippen LogP contribution is -2.42. The van der Waals surface area contributed by atoms with E-state index in [4.69, 9.17) is 9.84 Å². The summed E-state index contributed by atoms with van der Waals surface area (Å²) < 4.78 is 5.60. The summed E-state index contributed by atoms with van der Waals surface area (Å²) in [4.78, 5) is 28.9. The summed E-state index contributed by atoms with van der Waals surface area (Å²) in [6, 6.07) is 8.47. The Bertz CT molecular complexity index is 711. The zero-order valence-corrected chi connectivity index (χ0v) is 11.9. The Hall–Kier alpha value is -2.63. The number of carbonyl (C=O) groups is 2. The van der Waals surface area contributed by atoms with Crippen LogP contribution in [0.15, 0.2) is 36.5 Å². The number of para-hydroxylation sites is 1. The fraction of sp³-hybridized carbons (Fsp3) is 0.312. The second-order valence-corrected chi connectivity index (χ2v) is 5.20. The number of aliphatic carboxylic acids is 1. The van der Waals surface area contributed by atoms with Crippen LogP contribution in [0.4, 0.5) is 0 Å². The molecule has 1 aliphatic rings. The van der Waals surface area contributed by atoms with Crippen molar-refractivity contribution in [3.63, 3.8) is 0 Å². The first-order valence-electron chi connectivity index (χ1n) is 7.15. The van der Waals surface area contributed by atoms with Crippen molar-refractivity contribution in [1.82, 2.24) is 9.88 Å². The average molecular weight is 300 g/mol. The molecule has 1 aliphatic heterocycles. The smallest absolute Gasteiger partial charge is 0.326 e. The van der Waals surface area contributed by atoms with E-state index in [0.717, 1.165) is 10.9 Å². The van der Waals surface area contributed by atoms with Gasteiger partial charge in [0.05, 0.1) is 5.52 Å². The van der Waals surface area contributed by atoms with E-state index in [1.54, 1.807) is 12.3 Å². The Morgan fingerprint density at radius 1 is 1.32 bits per heavy atom. The van der Waals surface area contributed by atoms with Gasteiger partial charge in [-0.25, -0.2) is 4.79 Å². The van der Waals surface area contributed by atoms with Crippen molar-refractivity contribution in [2.24, 2.45) is 0 Å². The number of carboxylic acid groups (broad SMARTS) is 1. The fourth-order valence-corrected chi connectivity index (χ4v) is 2.74. The molecule has 0 unspecified atom stereocenters. The van der Waals surface area contributed by atoms with Crippen LogP contribution in [0.5, 0.6) is 5.75 Å². The molecule has 1 N–H and O–H groups in total. The fourth-order valence-electron chi connectivity index (χ4n) is 2.74. The van der Waals surface area contributed by atoms with Gasteiger partial charge in [0, 0.05) is 18.1 Å². The summed E-state index contributed by atoms with van der Waals surface area (Å²) >= 11 is 0. The van der Waals surface area contributed by atoms with Crippen molar-refractivity contribution in [3.8, 4) is 5.75 Å². The van der Waals surface area contributed by atoms with E-state index in [9.17, 15) is 9.59 Å². The van der Waals surface area contributed by atoms with Gasteiger partial charge in [-0.3, -0.25) is 9.78 Å². The number of hydrogen-bond donors (Lipinski definition) is 1. The van der Waals surface area contributed by atoms with Crippen molar-refractivity contribution in [2.45, 2.75) is 18.9 Å². The highest BCUT2D eigenvalue weighted by Gasteiger charge is 2.33. The van der Waals surface area contributed by atoms with E-state index in [1.807, 2.05) is 24.3 Å². The van der Waals surface area contributed by atoms with Gasteiger partial charge in [-0.05, 0) is 31.0 Å². The largest absolute Gasteiger partial charge is 0.483 e. The Labute approximate surface area is 127 Å². The minimum Gasteiger partial charge on any atom is -0.483 e. The first-order valence-corrected chi connectivity index (χ1v) is 7.15. The van der Waals surface area contributed by atoms with Crippen molar-refractivity contribution in [3.05, 3.63) is 36.5 Å². The van der Waals surface area contributed by atoms with Gasteiger partial charge in [-0.1, -0.05) is 12.1 Å². The molecule has 1 atom stereocenters. The second kappa shape index (κ2) is 6.01. The molecule has 0 aliphatic carbocycles. The third-order valence-electron chi connectivity index (χ3n) is 3.82. The number of likely N-dealkylation sites (tertiary alicyclic amines) is 1. The van der Waals surface area contributed by atoms with E-state index >= 15 is 0 Å². The Balaban J connectivity index is 1.71. The topological polar surface area (TPSA) is 79.7 Å². The number of hydrogen-bond acceptors (Lipinski definition) is 4. The molecule has 0 saturated carbocycles. The summed E-state index contributed by atoms with van der Waals surface area (Å²) in [5, 5.41) is 9.94. The van der Waals surface area contributed by atoms with E-state index < -0.39 is 12.0 Å². The van der Waals surface area contributed by atoms with Crippen LogP contribution in [-0.2, 0) is 9.59 Å². The summed E-state index contributed by atoms with van der Waals surface area (Å²) in [7, 11) is 0. The highest BCUT2D eigenvalue weighted by Crippen LogP contribution is 2.24. The van der Waals surface area contributed by atoms with E-state index in [-0.39, 0.29) is 12.5 Å². The predicted octanol–water partition coefficient (Wildman–Crippen LogP) is 1.69. The number of carbonyl (C=O) groups excluding carboxylic acids is 1. The SMILES string of the molecule is O=C(O)[C@@H]1CCCN1C(=O)COc1ccnc2ccccc12. The highest BCUT2D eigenvalue weighted by atomic mass is 16.5. The van der Waals surface area contributed by atoms with Gasteiger partial charge in [0.25, 0.3) is 5.91 Å². The molecule has 1 aromatic heterocycles. The Morgan fingerprint density at radius 3 is 2.95 bits per heavy atom. The molecule has 6 heteroatoms. The predicted molar refractivity (Wildman–Crippen MR) is 79.6 cm³/mol. The molecule has 0 bridgehead atoms. The summed E-state index contributed by atoms with van der Waals surface area (Å²) in [5.74, 6) is -0.684. The zero-order chi connectivity index (χ0) is 15.5. The van der Waals surface area contributed by atoms with Gasteiger partial charge >= 0.3 is 5.97 Å². The van der Waals surface area contributed by atoms with Crippen LogP contribution in [-0.4, -0.2) is 46.1 Å². The molecule has 6 nitrogen and oxygen atoms in total. The molecular weight excluding hydrogens is 284 g/mol. The number of nitrogens with zero attached hydrogens (tertiary/aromatic N) is 2. The van der Waals surface area contributed by atoms with Crippen LogP contribution < -0.4 is 4.74 Å². The molecule has 0 spiro atoms. The third-order valence-corrected chi connectivity index (χ3v) is 3.82. The first kappa shape index (κ1) is 14.3. The van der Waals surface area contributed by atoms with Gasteiger partial charge in [0.2, 0.25) is 0 Å². The lowest BCUT2D eigenvalue weighted by atomic mass is 10.2.